The third-order valence-electron chi connectivity index (χ3n) is 8.17. The number of rotatable bonds is 4. The molecule has 1 saturated carbocycles. The number of aromatic nitrogens is 2. The Balaban J connectivity index is 0.000000209. The van der Waals surface area contributed by atoms with Gasteiger partial charge in [0, 0.05) is 41.3 Å². The van der Waals surface area contributed by atoms with E-state index >= 15 is 0 Å². The molecule has 0 aliphatic heterocycles. The van der Waals surface area contributed by atoms with Gasteiger partial charge in [-0.25, -0.2) is 0 Å². The molecule has 3 aromatic carbocycles. The average Bonchev–Trinajstić information content (AvgIpc) is 3.44. The van der Waals surface area contributed by atoms with Gasteiger partial charge in [-0.1, -0.05) is 85.9 Å². The molecule has 1 aliphatic carbocycles. The van der Waals surface area contributed by atoms with E-state index in [1.807, 2.05) is 29.5 Å². The molecule has 6 aromatic rings. The van der Waals surface area contributed by atoms with Gasteiger partial charge in [-0.2, -0.15) is 11.3 Å². The number of nitrogens with zero attached hydrogens (tertiary/aromatic N) is 2. The maximum Gasteiger partial charge on any atom is 0.0776 e. The molecule has 1 radical (unpaired) electrons. The first kappa shape index (κ1) is 27.6. The van der Waals surface area contributed by atoms with E-state index in [2.05, 4.69) is 85.4 Å². The van der Waals surface area contributed by atoms with Crippen molar-refractivity contribution in [2.24, 2.45) is 0 Å². The molecule has 221 valence electrons. The van der Waals surface area contributed by atoms with Crippen LogP contribution in [-0.4, -0.2) is 18.0 Å². The van der Waals surface area contributed by atoms with E-state index in [0.717, 1.165) is 22.5 Å². The summed E-state index contributed by atoms with van der Waals surface area (Å²) in [5.41, 5.74) is 5.46. The Bertz CT molecular complexity index is 1890. The number of pyridine rings is 2. The molecule has 0 N–H and O–H groups in total. The van der Waals surface area contributed by atoms with Gasteiger partial charge in [0.2, 0.25) is 0 Å². The summed E-state index contributed by atoms with van der Waals surface area (Å²) in [4.78, 5) is 9.01. The quantitative estimate of drug-likeness (QED) is 0.132. The molecule has 3 heterocycles. The van der Waals surface area contributed by atoms with Crippen LogP contribution in [0.25, 0.3) is 42.7 Å². The van der Waals surface area contributed by atoms with Crippen molar-refractivity contribution in [1.29, 1.82) is 0 Å². The molecular weight excluding hydrogens is 737 g/mol. The maximum absolute atomic E-state index is 7.23. The number of hydrogen-bond acceptors (Lipinski definition) is 3. The largest absolute Gasteiger partial charge is 0.304 e. The predicted octanol–water partition coefficient (Wildman–Crippen LogP) is 10.4. The van der Waals surface area contributed by atoms with E-state index in [1.54, 1.807) is 18.2 Å². The fourth-order valence-electron chi connectivity index (χ4n) is 5.73. The van der Waals surface area contributed by atoms with Crippen molar-refractivity contribution in [2.45, 2.75) is 64.5 Å². The Morgan fingerprint density at radius 3 is 2.30 bits per heavy atom. The van der Waals surface area contributed by atoms with Crippen LogP contribution < -0.4 is 5.19 Å². The van der Waals surface area contributed by atoms with E-state index in [4.69, 9.17) is 9.10 Å². The van der Waals surface area contributed by atoms with Crippen molar-refractivity contribution in [1.82, 2.24) is 9.97 Å². The fourth-order valence-corrected chi connectivity index (χ4v) is 8.25. The summed E-state index contributed by atoms with van der Waals surface area (Å²) < 4.78 is 24.4. The van der Waals surface area contributed by atoms with Crippen molar-refractivity contribution in [2.75, 3.05) is 0 Å². The molecule has 2 nitrogen and oxygen atoms in total. The van der Waals surface area contributed by atoms with Crippen LogP contribution in [0.4, 0.5) is 0 Å². The van der Waals surface area contributed by atoms with Crippen molar-refractivity contribution in [3.63, 3.8) is 0 Å². The van der Waals surface area contributed by atoms with Gasteiger partial charge in [0.25, 0.3) is 0 Å². The van der Waals surface area contributed by atoms with Crippen molar-refractivity contribution in [3.8, 4) is 22.5 Å². The van der Waals surface area contributed by atoms with Crippen LogP contribution in [0.15, 0.2) is 91.3 Å². The monoisotopic (exact) mass is 778 g/mol. The number of hydrogen-bond donors (Lipinski definition) is 0. The van der Waals surface area contributed by atoms with Crippen LogP contribution in [0.5, 0.6) is 0 Å². The SMILES string of the molecule is C[Si](C)(C)c1ccc2c(c1)sc1c(-c3ccc(C4CCCCC4)cn3)[c-]ccc12.[2H]C([2H])([2H])c1ccc(-c2[c-]cccc2)nc1.[Ir]. The third-order valence-corrected chi connectivity index (χ3v) is 11.4. The summed E-state index contributed by atoms with van der Waals surface area (Å²) >= 11 is 1.90. The molecule has 7 rings (SSSR count). The Morgan fingerprint density at radius 1 is 0.814 bits per heavy atom. The number of thiophene rings is 1. The minimum Gasteiger partial charge on any atom is -0.304 e. The van der Waals surface area contributed by atoms with Crippen LogP contribution in [0.1, 0.15) is 53.3 Å². The van der Waals surface area contributed by atoms with Gasteiger partial charge in [0.1, 0.15) is 0 Å². The van der Waals surface area contributed by atoms with E-state index in [1.165, 1.54) is 69.2 Å². The van der Waals surface area contributed by atoms with Gasteiger partial charge in [0.05, 0.1) is 8.07 Å². The average molecular weight is 778 g/mol. The molecule has 0 amide bonds. The van der Waals surface area contributed by atoms with Gasteiger partial charge < -0.3 is 9.97 Å². The second-order valence-electron chi connectivity index (χ2n) is 12.2. The summed E-state index contributed by atoms with van der Waals surface area (Å²) in [6, 6.07) is 33.2. The van der Waals surface area contributed by atoms with Crippen LogP contribution >= 0.6 is 11.3 Å². The summed E-state index contributed by atoms with van der Waals surface area (Å²) in [6.45, 7) is 5.15. The summed E-state index contributed by atoms with van der Waals surface area (Å²) in [5, 5.41) is 4.22. The smallest absolute Gasteiger partial charge is 0.0776 e. The first-order valence-electron chi connectivity index (χ1n) is 16.4. The Hall–Kier alpha value is -2.95. The van der Waals surface area contributed by atoms with Crippen LogP contribution in [0.3, 0.4) is 0 Å². The van der Waals surface area contributed by atoms with E-state index in [0.29, 0.717) is 5.92 Å². The Labute approximate surface area is 279 Å². The minimum absolute atomic E-state index is 0. The van der Waals surface area contributed by atoms with Crippen LogP contribution in [0.2, 0.25) is 19.6 Å². The molecule has 0 spiro atoms. The topological polar surface area (TPSA) is 25.8 Å². The molecule has 3 aromatic heterocycles. The normalized spacial score (nSPS) is 15.1. The van der Waals surface area contributed by atoms with Crippen LogP contribution in [-0.2, 0) is 20.1 Å². The van der Waals surface area contributed by atoms with Crippen LogP contribution in [0, 0.1) is 19.0 Å². The van der Waals surface area contributed by atoms with Gasteiger partial charge in [-0.15, -0.1) is 59.7 Å². The standard InChI is InChI=1S/C26H28NSSi.C12H10N.Ir/c1-29(2,3)20-13-14-21-22-10-7-11-23(26(22)28-25(21)16-20)24-15-12-19(17-27-24)18-8-5-4-6-9-18;1-10-7-8-12(13-9-10)11-5-3-2-4-6-11;/h7,10,12-18H,4-6,8-9H2,1-3H3;2-5,7-9H,1H3;/q2*-1;/i;1D3;. The molecule has 1 aliphatic rings. The van der Waals surface area contributed by atoms with E-state index < -0.39 is 14.9 Å². The molecule has 0 saturated heterocycles. The number of benzene rings is 3. The van der Waals surface area contributed by atoms with E-state index in [9.17, 15) is 0 Å². The number of aryl methyl sites for hydroxylation is 1. The van der Waals surface area contributed by atoms with Crippen molar-refractivity contribution in [3.05, 3.63) is 115 Å². The molecule has 0 unspecified atom stereocenters. The zero-order chi connectivity index (χ0) is 31.6. The fraction of sp³-hybridized carbons (Fsp3) is 0.263. The van der Waals surface area contributed by atoms with Gasteiger partial charge in [-0.05, 0) is 64.3 Å². The molecule has 5 heteroatoms. The van der Waals surface area contributed by atoms with Gasteiger partial charge in [0.15, 0.2) is 0 Å². The summed E-state index contributed by atoms with van der Waals surface area (Å²) in [7, 11) is -1.31. The Morgan fingerprint density at radius 2 is 1.63 bits per heavy atom. The Kier molecular flexibility index (Phi) is 8.84. The molecule has 43 heavy (non-hydrogen) atoms. The first-order chi connectivity index (χ1) is 21.6. The van der Waals surface area contributed by atoms with Gasteiger partial charge in [-0.3, -0.25) is 0 Å². The molecular formula is C38H38IrN2SSi-2. The summed E-state index contributed by atoms with van der Waals surface area (Å²) in [6.07, 6.45) is 10.3. The summed E-state index contributed by atoms with van der Waals surface area (Å²) in [5.74, 6) is 0.703. The first-order valence-corrected chi connectivity index (χ1v) is 19.2. The van der Waals surface area contributed by atoms with Crippen molar-refractivity contribution < 1.29 is 24.2 Å². The number of fused-ring (bicyclic) bond motifs is 3. The minimum atomic E-state index is -2.09. The van der Waals surface area contributed by atoms with E-state index in [-0.39, 0.29) is 25.7 Å². The molecule has 1 fully saturated rings. The van der Waals surface area contributed by atoms with Crippen molar-refractivity contribution >= 4 is 44.8 Å². The second kappa shape index (κ2) is 13.8. The van der Waals surface area contributed by atoms with Gasteiger partial charge >= 0.3 is 0 Å². The predicted molar refractivity (Wildman–Crippen MR) is 183 cm³/mol. The third kappa shape index (κ3) is 7.24. The zero-order valence-corrected chi connectivity index (χ0v) is 29.1. The molecule has 0 atom stereocenters. The molecule has 0 bridgehead atoms. The zero-order valence-electron chi connectivity index (χ0n) is 27.9. The second-order valence-corrected chi connectivity index (χ2v) is 18.3. The maximum atomic E-state index is 7.23.